The Morgan fingerprint density at radius 3 is 2.62 bits per heavy atom. The summed E-state index contributed by atoms with van der Waals surface area (Å²) in [6, 6.07) is 8.30. The van der Waals surface area contributed by atoms with Gasteiger partial charge in [-0.2, -0.15) is 13.2 Å². The summed E-state index contributed by atoms with van der Waals surface area (Å²) in [5.74, 6) is 1.24. The summed E-state index contributed by atoms with van der Waals surface area (Å²) in [4.78, 5) is 20.7. The number of pyridine rings is 1. The van der Waals surface area contributed by atoms with E-state index in [0.717, 1.165) is 17.2 Å². The molecule has 1 unspecified atom stereocenters. The van der Waals surface area contributed by atoms with Gasteiger partial charge in [0.25, 0.3) is 0 Å². The first-order valence-electron chi connectivity index (χ1n) is 10.1. The van der Waals surface area contributed by atoms with Gasteiger partial charge in [-0.25, -0.2) is 9.97 Å². The second-order valence-corrected chi connectivity index (χ2v) is 7.65. The lowest BCUT2D eigenvalue weighted by atomic mass is 10.1. The topological polar surface area (TPSA) is 105 Å². The quantitative estimate of drug-likeness (QED) is 0.518. The number of hydrogen-bond donors (Lipinski definition) is 3. The van der Waals surface area contributed by atoms with E-state index in [1.54, 1.807) is 41.9 Å². The summed E-state index contributed by atoms with van der Waals surface area (Å²) < 4.78 is 47.1. The van der Waals surface area contributed by atoms with Gasteiger partial charge in [-0.15, -0.1) is 0 Å². The van der Waals surface area contributed by atoms with Crippen LogP contribution in [0.25, 0.3) is 11.0 Å². The van der Waals surface area contributed by atoms with Crippen molar-refractivity contribution in [1.82, 2.24) is 19.4 Å². The lowest BCUT2D eigenvalue weighted by Crippen LogP contribution is -2.36. The van der Waals surface area contributed by atoms with Crippen molar-refractivity contribution in [2.45, 2.75) is 19.3 Å². The van der Waals surface area contributed by atoms with Gasteiger partial charge >= 0.3 is 6.18 Å². The van der Waals surface area contributed by atoms with Crippen molar-refractivity contribution < 1.29 is 27.8 Å². The van der Waals surface area contributed by atoms with Gasteiger partial charge in [0.2, 0.25) is 11.9 Å². The van der Waals surface area contributed by atoms with Crippen molar-refractivity contribution in [2.75, 3.05) is 17.7 Å². The molecule has 3 heterocycles. The van der Waals surface area contributed by atoms with Gasteiger partial charge in [-0.3, -0.25) is 4.79 Å². The maximum Gasteiger partial charge on any atom is 0.417 e. The van der Waals surface area contributed by atoms with Crippen molar-refractivity contribution in [2.24, 2.45) is 7.05 Å². The van der Waals surface area contributed by atoms with E-state index in [2.05, 4.69) is 20.6 Å². The minimum Gasteiger partial charge on any atom is -0.457 e. The average Bonchev–Trinajstić information content (AvgIpc) is 3.05. The molecule has 1 aromatic carbocycles. The zero-order valence-corrected chi connectivity index (χ0v) is 18.4. The van der Waals surface area contributed by atoms with Gasteiger partial charge in [0.05, 0.1) is 22.3 Å². The van der Waals surface area contributed by atoms with Gasteiger partial charge in [0.15, 0.2) is 6.23 Å². The zero-order chi connectivity index (χ0) is 24.6. The Labute approximate surface area is 192 Å². The lowest BCUT2D eigenvalue weighted by molar-refractivity contribution is -0.114. The van der Waals surface area contributed by atoms with Crippen LogP contribution in [0.2, 0.25) is 0 Å². The molecular weight excluding hydrogens is 453 g/mol. The highest BCUT2D eigenvalue weighted by Gasteiger charge is 2.36. The van der Waals surface area contributed by atoms with Crippen molar-refractivity contribution in [1.29, 1.82) is 0 Å². The number of fused-ring (bicyclic) bond motifs is 1. The van der Waals surface area contributed by atoms with Gasteiger partial charge in [0, 0.05) is 45.5 Å². The highest BCUT2D eigenvalue weighted by Crippen LogP contribution is 2.33. The summed E-state index contributed by atoms with van der Waals surface area (Å²) in [5, 5.41) is 15.7. The number of hydrogen-bond acceptors (Lipinski definition) is 7. The van der Waals surface area contributed by atoms with Crippen LogP contribution in [0.1, 0.15) is 6.92 Å². The van der Waals surface area contributed by atoms with Crippen LogP contribution in [0.4, 0.5) is 24.9 Å². The summed E-state index contributed by atoms with van der Waals surface area (Å²) in [6.45, 7) is 1.37. The van der Waals surface area contributed by atoms with E-state index in [-0.39, 0.29) is 17.6 Å². The molecule has 1 aliphatic rings. The molecule has 0 spiro atoms. The maximum absolute atomic E-state index is 13.2. The Kier molecular flexibility index (Phi) is 5.92. The summed E-state index contributed by atoms with van der Waals surface area (Å²) in [7, 11) is 3.03. The van der Waals surface area contributed by atoms with Crippen molar-refractivity contribution in [3.63, 3.8) is 0 Å². The number of likely N-dealkylation sites (N-methyl/N-ethyl adjacent to an activating group) is 1. The van der Waals surface area contributed by atoms with Crippen LogP contribution in [0.15, 0.2) is 60.1 Å². The molecule has 0 aliphatic carbocycles. The van der Waals surface area contributed by atoms with E-state index in [1.807, 2.05) is 0 Å². The van der Waals surface area contributed by atoms with Crippen LogP contribution in [-0.2, 0) is 11.8 Å². The smallest absolute Gasteiger partial charge is 0.417 e. The van der Waals surface area contributed by atoms with Crippen LogP contribution in [0, 0.1) is 0 Å². The molecule has 34 heavy (non-hydrogen) atoms. The molecule has 4 rings (SSSR count). The number of alkyl halides is 3. The number of allylic oxidation sites excluding steroid dienone is 2. The van der Waals surface area contributed by atoms with Gasteiger partial charge in [-0.05, 0) is 24.3 Å². The minimum atomic E-state index is -4.56. The van der Waals surface area contributed by atoms with Crippen LogP contribution >= 0.6 is 0 Å². The Morgan fingerprint density at radius 1 is 1.18 bits per heavy atom. The SMILES string of the molecule is CC(=O)Nc1cc(Oc2ccc3nc(NC4=CC(C(F)(F)F)=CN(C)C4O)n(C)c3c2)ccn1. The van der Waals surface area contributed by atoms with E-state index in [1.165, 1.54) is 20.2 Å². The number of imidazole rings is 1. The van der Waals surface area contributed by atoms with Gasteiger partial charge in [-0.1, -0.05) is 0 Å². The van der Waals surface area contributed by atoms with E-state index in [4.69, 9.17) is 4.74 Å². The fourth-order valence-corrected chi connectivity index (χ4v) is 3.38. The molecule has 2 aromatic heterocycles. The van der Waals surface area contributed by atoms with Crippen LogP contribution in [0.5, 0.6) is 11.5 Å². The maximum atomic E-state index is 13.2. The second-order valence-electron chi connectivity index (χ2n) is 7.65. The molecular formula is C22H21F3N6O3. The van der Waals surface area contributed by atoms with Gasteiger partial charge < -0.3 is 29.9 Å². The Balaban J connectivity index is 1.60. The monoisotopic (exact) mass is 474 g/mol. The second kappa shape index (κ2) is 8.71. The molecule has 1 amide bonds. The number of benzene rings is 1. The number of halogens is 3. The van der Waals surface area contributed by atoms with Crippen molar-refractivity contribution in [3.05, 3.63) is 60.1 Å². The van der Waals surface area contributed by atoms with E-state index in [9.17, 15) is 23.1 Å². The zero-order valence-electron chi connectivity index (χ0n) is 18.4. The predicted octanol–water partition coefficient (Wildman–Crippen LogP) is 3.72. The fraction of sp³-hybridized carbons (Fsp3) is 0.227. The normalized spacial score (nSPS) is 16.2. The van der Waals surface area contributed by atoms with Crippen LogP contribution in [0.3, 0.4) is 0 Å². The van der Waals surface area contributed by atoms with Crippen LogP contribution in [-0.4, -0.2) is 49.9 Å². The number of aryl methyl sites for hydroxylation is 1. The number of aliphatic hydroxyl groups excluding tert-OH is 1. The molecule has 1 atom stereocenters. The number of aliphatic hydroxyl groups is 1. The van der Waals surface area contributed by atoms with Crippen molar-refractivity contribution >= 4 is 28.7 Å². The number of carbonyl (C=O) groups is 1. The van der Waals surface area contributed by atoms with Gasteiger partial charge in [0.1, 0.15) is 17.3 Å². The van der Waals surface area contributed by atoms with E-state index in [0.29, 0.717) is 28.4 Å². The fourth-order valence-electron chi connectivity index (χ4n) is 3.38. The number of amides is 1. The Bertz CT molecular complexity index is 1310. The summed E-state index contributed by atoms with van der Waals surface area (Å²) >= 11 is 0. The molecule has 0 saturated carbocycles. The third kappa shape index (κ3) is 4.81. The Morgan fingerprint density at radius 2 is 1.91 bits per heavy atom. The highest BCUT2D eigenvalue weighted by atomic mass is 19.4. The van der Waals surface area contributed by atoms with E-state index < -0.39 is 18.0 Å². The first kappa shape index (κ1) is 23.1. The van der Waals surface area contributed by atoms with Crippen molar-refractivity contribution in [3.8, 4) is 11.5 Å². The minimum absolute atomic E-state index is 0.0607. The molecule has 178 valence electrons. The third-order valence-corrected chi connectivity index (χ3v) is 5.02. The molecule has 1 aliphatic heterocycles. The molecule has 0 bridgehead atoms. The lowest BCUT2D eigenvalue weighted by Gasteiger charge is -2.30. The summed E-state index contributed by atoms with van der Waals surface area (Å²) in [6.07, 6.45) is -2.67. The molecule has 0 fully saturated rings. The number of anilines is 2. The average molecular weight is 474 g/mol. The van der Waals surface area contributed by atoms with Crippen LogP contribution < -0.4 is 15.4 Å². The molecule has 0 radical (unpaired) electrons. The molecule has 12 heteroatoms. The number of aromatic nitrogens is 3. The highest BCUT2D eigenvalue weighted by molar-refractivity contribution is 5.87. The number of nitrogens with zero attached hydrogens (tertiary/aromatic N) is 4. The molecule has 3 N–H and O–H groups in total. The summed E-state index contributed by atoms with van der Waals surface area (Å²) in [5.41, 5.74) is 0.251. The first-order valence-corrected chi connectivity index (χ1v) is 10.1. The molecule has 9 nitrogen and oxygen atoms in total. The number of rotatable bonds is 5. The standard InChI is InChI=1S/C22H21F3N6O3/c1-12(32)27-19-10-15(6-7-26-19)34-14-4-5-16-18(9-14)31(3)21(28-16)29-17-8-13(22(23,24)25)11-30(2)20(17)33/h4-11,20,33H,1-3H3,(H,28,29)(H,26,27,32). The third-order valence-electron chi connectivity index (χ3n) is 5.02. The Hall–Kier alpha value is -4.06. The number of carbonyl (C=O) groups excluding carboxylic acids is 1. The van der Waals surface area contributed by atoms with E-state index >= 15 is 0 Å². The predicted molar refractivity (Wildman–Crippen MR) is 119 cm³/mol. The number of ether oxygens (including phenoxy) is 1. The number of nitrogens with one attached hydrogen (secondary N) is 2. The first-order chi connectivity index (χ1) is 16.0. The molecule has 3 aromatic rings. The largest absolute Gasteiger partial charge is 0.457 e. The molecule has 0 saturated heterocycles.